The van der Waals surface area contributed by atoms with E-state index in [0.717, 1.165) is 31.5 Å². The van der Waals surface area contributed by atoms with Gasteiger partial charge in [0, 0.05) is 17.9 Å². The van der Waals surface area contributed by atoms with Crippen molar-refractivity contribution in [2.45, 2.75) is 25.2 Å². The summed E-state index contributed by atoms with van der Waals surface area (Å²) in [5, 5.41) is 6.26. The van der Waals surface area contributed by atoms with E-state index in [2.05, 4.69) is 10.6 Å². The highest BCUT2D eigenvalue weighted by Crippen LogP contribution is 2.47. The number of halogens is 1. The van der Waals surface area contributed by atoms with E-state index in [0.29, 0.717) is 12.5 Å². The molecule has 1 unspecified atom stereocenters. The van der Waals surface area contributed by atoms with Gasteiger partial charge in [0.1, 0.15) is 5.82 Å². The summed E-state index contributed by atoms with van der Waals surface area (Å²) in [6, 6.07) is 6.76. The van der Waals surface area contributed by atoms with Crippen LogP contribution in [0, 0.1) is 17.7 Å². The fourth-order valence-electron chi connectivity index (χ4n) is 2.83. The lowest BCUT2D eigenvalue weighted by atomic mass is 9.88. The van der Waals surface area contributed by atoms with E-state index in [1.54, 1.807) is 12.1 Å². The molecule has 1 atom stereocenters. The molecule has 3 nitrogen and oxygen atoms in total. The molecule has 4 heteroatoms. The van der Waals surface area contributed by atoms with Crippen LogP contribution < -0.4 is 10.6 Å². The number of carbonyl (C=O) groups is 1. The highest BCUT2D eigenvalue weighted by molar-refractivity contribution is 5.79. The Morgan fingerprint density at radius 3 is 2.80 bits per heavy atom. The molecule has 1 aromatic carbocycles. The zero-order valence-electron chi connectivity index (χ0n) is 11.8. The molecule has 0 bridgehead atoms. The molecule has 0 radical (unpaired) electrons. The van der Waals surface area contributed by atoms with Gasteiger partial charge >= 0.3 is 0 Å². The van der Waals surface area contributed by atoms with E-state index in [4.69, 9.17) is 0 Å². The molecule has 2 N–H and O–H groups in total. The van der Waals surface area contributed by atoms with Crippen LogP contribution in [0.2, 0.25) is 0 Å². The Morgan fingerprint density at radius 1 is 1.50 bits per heavy atom. The van der Waals surface area contributed by atoms with E-state index < -0.39 is 0 Å². The maximum atomic E-state index is 13.3. The molecule has 1 saturated carbocycles. The zero-order chi connectivity index (χ0) is 14.2. The maximum absolute atomic E-state index is 13.3. The van der Waals surface area contributed by atoms with E-state index in [9.17, 15) is 9.18 Å². The number of nitrogens with one attached hydrogen (secondary N) is 2. The number of carbonyl (C=O) groups excluding carboxylic acids is 1. The standard InChI is InChI=1S/C16H21FN2O/c1-11(12-8-18-9-12)15(20)19-10-16(5-6-16)13-3-2-4-14(17)7-13/h2-4,7,11-12,18H,5-6,8-10H2,1H3,(H,19,20). The summed E-state index contributed by atoms with van der Waals surface area (Å²) in [7, 11) is 0. The predicted octanol–water partition coefficient (Wildman–Crippen LogP) is 1.83. The molecule has 0 spiro atoms. The van der Waals surface area contributed by atoms with Crippen LogP contribution in [0.5, 0.6) is 0 Å². The third-order valence-electron chi connectivity index (χ3n) is 4.83. The van der Waals surface area contributed by atoms with Crippen molar-refractivity contribution in [3.63, 3.8) is 0 Å². The molecule has 20 heavy (non-hydrogen) atoms. The third kappa shape index (κ3) is 2.57. The highest BCUT2D eigenvalue weighted by atomic mass is 19.1. The van der Waals surface area contributed by atoms with Gasteiger partial charge < -0.3 is 10.6 Å². The Labute approximate surface area is 118 Å². The van der Waals surface area contributed by atoms with Crippen LogP contribution in [0.25, 0.3) is 0 Å². The number of rotatable bonds is 5. The highest BCUT2D eigenvalue weighted by Gasteiger charge is 2.44. The lowest BCUT2D eigenvalue weighted by Crippen LogP contribution is -2.50. The van der Waals surface area contributed by atoms with Crippen LogP contribution in [0.3, 0.4) is 0 Å². The largest absolute Gasteiger partial charge is 0.355 e. The summed E-state index contributed by atoms with van der Waals surface area (Å²) in [5.74, 6) is 0.437. The quantitative estimate of drug-likeness (QED) is 0.861. The van der Waals surface area contributed by atoms with Gasteiger partial charge in [-0.25, -0.2) is 4.39 Å². The average Bonchev–Trinajstić information content (AvgIpc) is 3.15. The number of benzene rings is 1. The van der Waals surface area contributed by atoms with Crippen LogP contribution in [-0.4, -0.2) is 25.5 Å². The molecule has 2 fully saturated rings. The molecule has 1 aliphatic heterocycles. The van der Waals surface area contributed by atoms with E-state index >= 15 is 0 Å². The van der Waals surface area contributed by atoms with E-state index in [-0.39, 0.29) is 23.1 Å². The van der Waals surface area contributed by atoms with Gasteiger partial charge in [0.25, 0.3) is 0 Å². The Kier molecular flexibility index (Phi) is 3.50. The topological polar surface area (TPSA) is 41.1 Å². The SMILES string of the molecule is CC(C(=O)NCC1(c2cccc(F)c2)CC1)C1CNC1. The molecule has 1 amide bonds. The van der Waals surface area contributed by atoms with Gasteiger partial charge in [-0.1, -0.05) is 19.1 Å². The first-order valence-electron chi connectivity index (χ1n) is 7.35. The van der Waals surface area contributed by atoms with Crippen molar-refractivity contribution >= 4 is 5.91 Å². The molecule has 3 rings (SSSR count). The number of hydrogen-bond acceptors (Lipinski definition) is 2. The Balaban J connectivity index is 1.59. The lowest BCUT2D eigenvalue weighted by Gasteiger charge is -2.32. The van der Waals surface area contributed by atoms with Crippen molar-refractivity contribution in [1.82, 2.24) is 10.6 Å². The summed E-state index contributed by atoms with van der Waals surface area (Å²) in [6.07, 6.45) is 2.05. The average molecular weight is 276 g/mol. The molecule has 0 aromatic heterocycles. The first-order chi connectivity index (χ1) is 9.61. The smallest absolute Gasteiger partial charge is 0.223 e. The van der Waals surface area contributed by atoms with Crippen molar-refractivity contribution in [2.75, 3.05) is 19.6 Å². The molecule has 108 valence electrons. The monoisotopic (exact) mass is 276 g/mol. The van der Waals surface area contributed by atoms with Crippen LogP contribution >= 0.6 is 0 Å². The summed E-state index contributed by atoms with van der Waals surface area (Å²) in [5.41, 5.74) is 0.978. The van der Waals surface area contributed by atoms with Gasteiger partial charge in [-0.05, 0) is 49.5 Å². The summed E-state index contributed by atoms with van der Waals surface area (Å²) in [6.45, 7) is 4.48. The van der Waals surface area contributed by atoms with Gasteiger partial charge in [-0.15, -0.1) is 0 Å². The predicted molar refractivity (Wildman–Crippen MR) is 75.8 cm³/mol. The van der Waals surface area contributed by atoms with Crippen molar-refractivity contribution < 1.29 is 9.18 Å². The van der Waals surface area contributed by atoms with Crippen molar-refractivity contribution in [3.8, 4) is 0 Å². The lowest BCUT2D eigenvalue weighted by molar-refractivity contribution is -0.126. The van der Waals surface area contributed by atoms with Crippen LogP contribution in [0.4, 0.5) is 4.39 Å². The van der Waals surface area contributed by atoms with E-state index in [1.165, 1.54) is 6.07 Å². The first-order valence-corrected chi connectivity index (χ1v) is 7.35. The van der Waals surface area contributed by atoms with Crippen LogP contribution in [0.1, 0.15) is 25.3 Å². The van der Waals surface area contributed by atoms with Crippen LogP contribution in [-0.2, 0) is 10.2 Å². The zero-order valence-corrected chi connectivity index (χ0v) is 11.8. The van der Waals surface area contributed by atoms with Crippen molar-refractivity contribution in [2.24, 2.45) is 11.8 Å². The third-order valence-corrected chi connectivity index (χ3v) is 4.83. The van der Waals surface area contributed by atoms with Crippen LogP contribution in [0.15, 0.2) is 24.3 Å². The van der Waals surface area contributed by atoms with E-state index in [1.807, 2.05) is 13.0 Å². The Bertz CT molecular complexity index is 509. The minimum atomic E-state index is -0.200. The molecule has 1 saturated heterocycles. The maximum Gasteiger partial charge on any atom is 0.223 e. The molecule has 2 aliphatic rings. The fraction of sp³-hybridized carbons (Fsp3) is 0.562. The molecular weight excluding hydrogens is 255 g/mol. The number of hydrogen-bond donors (Lipinski definition) is 2. The van der Waals surface area contributed by atoms with Gasteiger partial charge in [-0.3, -0.25) is 4.79 Å². The Hall–Kier alpha value is -1.42. The second-order valence-corrected chi connectivity index (χ2v) is 6.22. The molecular formula is C16H21FN2O. The summed E-state index contributed by atoms with van der Waals surface area (Å²) in [4.78, 5) is 12.1. The van der Waals surface area contributed by atoms with Gasteiger partial charge in [0.15, 0.2) is 0 Å². The van der Waals surface area contributed by atoms with Gasteiger partial charge in [0.05, 0.1) is 0 Å². The summed E-state index contributed by atoms with van der Waals surface area (Å²) < 4.78 is 13.3. The normalized spacial score (nSPS) is 21.9. The van der Waals surface area contributed by atoms with Crippen molar-refractivity contribution in [3.05, 3.63) is 35.6 Å². The molecule has 1 aliphatic carbocycles. The number of amides is 1. The van der Waals surface area contributed by atoms with Crippen molar-refractivity contribution in [1.29, 1.82) is 0 Å². The van der Waals surface area contributed by atoms with Gasteiger partial charge in [-0.2, -0.15) is 0 Å². The summed E-state index contributed by atoms with van der Waals surface area (Å²) >= 11 is 0. The Morgan fingerprint density at radius 2 is 2.25 bits per heavy atom. The first kappa shape index (κ1) is 13.6. The fourth-order valence-corrected chi connectivity index (χ4v) is 2.83. The second-order valence-electron chi connectivity index (χ2n) is 6.22. The minimum absolute atomic E-state index is 0.0324. The second kappa shape index (κ2) is 5.17. The molecule has 1 heterocycles. The minimum Gasteiger partial charge on any atom is -0.355 e. The molecule has 1 aromatic rings. The van der Waals surface area contributed by atoms with Gasteiger partial charge in [0.2, 0.25) is 5.91 Å².